The van der Waals surface area contributed by atoms with Crippen molar-refractivity contribution in [1.82, 2.24) is 9.55 Å². The zero-order chi connectivity index (χ0) is 23.5. The van der Waals surface area contributed by atoms with Crippen LogP contribution in [0.25, 0.3) is 21.3 Å². The lowest BCUT2D eigenvalue weighted by Gasteiger charge is -2.27. The fourth-order valence-corrected chi connectivity index (χ4v) is 4.77. The summed E-state index contributed by atoms with van der Waals surface area (Å²) in [7, 11) is 0. The Morgan fingerprint density at radius 2 is 1.97 bits per heavy atom. The molecule has 6 nitrogen and oxygen atoms in total. The molecular weight excluding hydrogens is 432 g/mol. The van der Waals surface area contributed by atoms with Gasteiger partial charge in [-0.2, -0.15) is 5.26 Å². The Balaban J connectivity index is 1.61. The number of hydrogen-bond donors (Lipinski definition) is 0. The van der Waals surface area contributed by atoms with E-state index in [0.717, 1.165) is 16.7 Å². The highest BCUT2D eigenvalue weighted by Gasteiger charge is 2.20. The molecule has 1 amide bonds. The Bertz CT molecular complexity index is 1410. The van der Waals surface area contributed by atoms with E-state index in [1.54, 1.807) is 23.1 Å². The minimum atomic E-state index is -0.146. The number of anilines is 1. The quantitative estimate of drug-likeness (QED) is 0.403. The molecule has 2 aromatic heterocycles. The van der Waals surface area contributed by atoms with Crippen molar-refractivity contribution < 1.29 is 4.79 Å². The van der Waals surface area contributed by atoms with E-state index < -0.39 is 0 Å². The maximum absolute atomic E-state index is 13.3. The first-order valence-corrected chi connectivity index (χ1v) is 11.6. The summed E-state index contributed by atoms with van der Waals surface area (Å²) in [4.78, 5) is 33.2. The molecule has 0 atom stereocenters. The number of nitrogens with zero attached hydrogens (tertiary/aromatic N) is 4. The zero-order valence-electron chi connectivity index (χ0n) is 18.8. The number of aromatic nitrogens is 2. The van der Waals surface area contributed by atoms with E-state index in [-0.39, 0.29) is 30.5 Å². The summed E-state index contributed by atoms with van der Waals surface area (Å²) < 4.78 is 1.51. The lowest BCUT2D eigenvalue weighted by Crippen LogP contribution is -2.38. The van der Waals surface area contributed by atoms with Crippen LogP contribution < -0.4 is 10.5 Å². The lowest BCUT2D eigenvalue weighted by molar-refractivity contribution is -0.119. The molecule has 0 saturated heterocycles. The minimum Gasteiger partial charge on any atom is -0.310 e. The largest absolute Gasteiger partial charge is 0.310 e. The van der Waals surface area contributed by atoms with Gasteiger partial charge in [0.15, 0.2) is 0 Å². The maximum atomic E-state index is 13.3. The van der Waals surface area contributed by atoms with Crippen molar-refractivity contribution in [2.45, 2.75) is 39.8 Å². The molecule has 0 spiro atoms. The van der Waals surface area contributed by atoms with E-state index in [4.69, 9.17) is 0 Å². The Morgan fingerprint density at radius 1 is 1.21 bits per heavy atom. The van der Waals surface area contributed by atoms with Crippen molar-refractivity contribution in [3.8, 4) is 17.2 Å². The number of carbonyl (C=O) groups is 1. The molecule has 4 rings (SSSR count). The number of amides is 1. The first-order chi connectivity index (χ1) is 15.9. The smallest absolute Gasteiger partial charge is 0.262 e. The number of thiophene rings is 1. The SMILES string of the molecule is Cc1ccc(-c2csc3ncn(CCC(=O)N(c4cccc(C#N)c4)C(C)C)c(=O)c23)cc1. The van der Waals surface area contributed by atoms with Crippen molar-refractivity contribution in [2.24, 2.45) is 0 Å². The molecule has 2 heterocycles. The number of benzene rings is 2. The summed E-state index contributed by atoms with van der Waals surface area (Å²) in [6, 6.07) is 17.1. The van der Waals surface area contributed by atoms with Gasteiger partial charge in [-0.05, 0) is 44.5 Å². The third-order valence-electron chi connectivity index (χ3n) is 5.53. The predicted molar refractivity (Wildman–Crippen MR) is 132 cm³/mol. The second kappa shape index (κ2) is 9.39. The second-order valence-corrected chi connectivity index (χ2v) is 9.07. The summed E-state index contributed by atoms with van der Waals surface area (Å²) in [5.41, 5.74) is 4.02. The molecule has 4 aromatic rings. The van der Waals surface area contributed by atoms with Gasteiger partial charge in [0.2, 0.25) is 5.91 Å². The number of carbonyl (C=O) groups excluding carboxylic acids is 1. The van der Waals surface area contributed by atoms with Crippen LogP contribution in [-0.4, -0.2) is 21.5 Å². The Kier molecular flexibility index (Phi) is 6.38. The summed E-state index contributed by atoms with van der Waals surface area (Å²) in [6.07, 6.45) is 1.66. The standard InChI is InChI=1S/C26H24N4O2S/c1-17(2)30(21-6-4-5-19(13-21)14-27)23(31)11-12-29-16-28-25-24(26(29)32)22(15-33-25)20-9-7-18(3)8-10-20/h4-10,13,15-17H,11-12H2,1-3H3. The Morgan fingerprint density at radius 3 is 2.67 bits per heavy atom. The highest BCUT2D eigenvalue weighted by molar-refractivity contribution is 7.17. The molecule has 0 radical (unpaired) electrons. The number of hydrogen-bond acceptors (Lipinski definition) is 5. The van der Waals surface area contributed by atoms with Gasteiger partial charge in [0.05, 0.1) is 23.3 Å². The van der Waals surface area contributed by atoms with E-state index >= 15 is 0 Å². The molecule has 0 N–H and O–H groups in total. The Labute approximate surface area is 196 Å². The maximum Gasteiger partial charge on any atom is 0.262 e. The summed E-state index contributed by atoms with van der Waals surface area (Å²) in [5, 5.41) is 11.7. The minimum absolute atomic E-state index is 0.0891. The van der Waals surface area contributed by atoms with Crippen LogP contribution in [0.1, 0.15) is 31.4 Å². The topological polar surface area (TPSA) is 79.0 Å². The summed E-state index contributed by atoms with van der Waals surface area (Å²) >= 11 is 1.44. The van der Waals surface area contributed by atoms with Crippen LogP contribution in [-0.2, 0) is 11.3 Å². The molecule has 0 aliphatic heterocycles. The molecule has 166 valence electrons. The van der Waals surface area contributed by atoms with Crippen LogP contribution in [0.3, 0.4) is 0 Å². The van der Waals surface area contributed by atoms with Gasteiger partial charge in [-0.1, -0.05) is 35.9 Å². The van der Waals surface area contributed by atoms with Gasteiger partial charge in [-0.25, -0.2) is 4.98 Å². The van der Waals surface area contributed by atoms with Gasteiger partial charge in [-0.3, -0.25) is 14.2 Å². The molecule has 7 heteroatoms. The molecule has 0 aliphatic carbocycles. The first-order valence-electron chi connectivity index (χ1n) is 10.7. The van der Waals surface area contributed by atoms with E-state index in [1.807, 2.05) is 56.5 Å². The Hall–Kier alpha value is -3.76. The van der Waals surface area contributed by atoms with Gasteiger partial charge in [-0.15, -0.1) is 11.3 Å². The van der Waals surface area contributed by atoms with Crippen LogP contribution in [0.15, 0.2) is 65.0 Å². The van der Waals surface area contributed by atoms with Crippen LogP contribution in [0.5, 0.6) is 0 Å². The zero-order valence-corrected chi connectivity index (χ0v) is 19.6. The fraction of sp³-hybridized carbons (Fsp3) is 0.231. The van der Waals surface area contributed by atoms with Crippen molar-refractivity contribution in [3.05, 3.63) is 81.7 Å². The van der Waals surface area contributed by atoms with E-state index in [1.165, 1.54) is 22.2 Å². The van der Waals surface area contributed by atoms with Crippen LogP contribution in [0.4, 0.5) is 5.69 Å². The molecular formula is C26H24N4O2S. The predicted octanol–water partition coefficient (Wildman–Crippen LogP) is 5.14. The van der Waals surface area contributed by atoms with E-state index in [2.05, 4.69) is 11.1 Å². The molecule has 0 aliphatic rings. The number of fused-ring (bicyclic) bond motifs is 1. The lowest BCUT2D eigenvalue weighted by atomic mass is 10.1. The third kappa shape index (κ3) is 4.57. The molecule has 33 heavy (non-hydrogen) atoms. The monoisotopic (exact) mass is 456 g/mol. The molecule has 0 saturated carbocycles. The highest BCUT2D eigenvalue weighted by atomic mass is 32.1. The van der Waals surface area contributed by atoms with Gasteiger partial charge in [0.25, 0.3) is 5.56 Å². The van der Waals surface area contributed by atoms with Crippen molar-refractivity contribution >= 4 is 33.1 Å². The average molecular weight is 457 g/mol. The van der Waals surface area contributed by atoms with Crippen LogP contribution >= 0.6 is 11.3 Å². The van der Waals surface area contributed by atoms with Crippen LogP contribution in [0.2, 0.25) is 0 Å². The normalized spacial score (nSPS) is 11.0. The highest BCUT2D eigenvalue weighted by Crippen LogP contribution is 2.30. The number of aryl methyl sites for hydroxylation is 2. The number of rotatable bonds is 6. The van der Waals surface area contributed by atoms with Gasteiger partial charge in [0.1, 0.15) is 4.83 Å². The van der Waals surface area contributed by atoms with E-state index in [9.17, 15) is 14.9 Å². The van der Waals surface area contributed by atoms with Crippen LogP contribution in [0, 0.1) is 18.3 Å². The summed E-state index contributed by atoms with van der Waals surface area (Å²) in [6.45, 7) is 6.11. The first kappa shape index (κ1) is 22.4. The molecule has 2 aromatic carbocycles. The summed E-state index contributed by atoms with van der Waals surface area (Å²) in [5.74, 6) is -0.115. The molecule has 0 unspecified atom stereocenters. The second-order valence-electron chi connectivity index (χ2n) is 8.21. The fourth-order valence-electron chi connectivity index (χ4n) is 3.86. The van der Waals surface area contributed by atoms with Gasteiger partial charge in [0, 0.05) is 35.6 Å². The van der Waals surface area contributed by atoms with Crippen molar-refractivity contribution in [2.75, 3.05) is 4.90 Å². The van der Waals surface area contributed by atoms with Gasteiger partial charge >= 0.3 is 0 Å². The van der Waals surface area contributed by atoms with E-state index in [0.29, 0.717) is 21.5 Å². The third-order valence-corrected chi connectivity index (χ3v) is 6.41. The molecule has 0 fully saturated rings. The number of nitriles is 1. The average Bonchev–Trinajstić information content (AvgIpc) is 3.24. The van der Waals surface area contributed by atoms with Crippen molar-refractivity contribution in [3.63, 3.8) is 0 Å². The van der Waals surface area contributed by atoms with Crippen molar-refractivity contribution in [1.29, 1.82) is 5.26 Å². The molecule has 0 bridgehead atoms. The van der Waals surface area contributed by atoms with Gasteiger partial charge < -0.3 is 4.90 Å².